The largest absolute Gasteiger partial charge is 0.345 e. The molecular weight excluding hydrogens is 304 g/mol. The van der Waals surface area contributed by atoms with Crippen molar-refractivity contribution < 1.29 is 4.79 Å². The summed E-state index contributed by atoms with van der Waals surface area (Å²) in [7, 11) is 1.94. The van der Waals surface area contributed by atoms with Crippen LogP contribution in [0.1, 0.15) is 31.4 Å². The van der Waals surface area contributed by atoms with Gasteiger partial charge in [-0.05, 0) is 12.8 Å². The van der Waals surface area contributed by atoms with Crippen LogP contribution in [0.4, 0.5) is 0 Å². The Morgan fingerprint density at radius 2 is 2.29 bits per heavy atom. The molecular formula is C14H20N4OS2. The Morgan fingerprint density at radius 1 is 1.52 bits per heavy atom. The topological polar surface area (TPSA) is 59.8 Å². The van der Waals surface area contributed by atoms with Crippen molar-refractivity contribution in [3.63, 3.8) is 0 Å². The normalized spacial score (nSPS) is 12.6. The van der Waals surface area contributed by atoms with Crippen LogP contribution >= 0.6 is 23.1 Å². The van der Waals surface area contributed by atoms with Gasteiger partial charge in [0.15, 0.2) is 4.34 Å². The number of thiazole rings is 1. The van der Waals surface area contributed by atoms with Crippen LogP contribution in [0.3, 0.4) is 0 Å². The zero-order chi connectivity index (χ0) is 15.4. The van der Waals surface area contributed by atoms with Crippen molar-refractivity contribution in [3.8, 4) is 0 Å². The molecule has 0 saturated heterocycles. The Kier molecular flexibility index (Phi) is 5.41. The molecule has 0 bridgehead atoms. The van der Waals surface area contributed by atoms with Crippen molar-refractivity contribution in [2.45, 2.75) is 31.2 Å². The Balaban J connectivity index is 1.94. The molecule has 7 heteroatoms. The molecule has 0 aliphatic rings. The van der Waals surface area contributed by atoms with Crippen molar-refractivity contribution in [2.75, 3.05) is 5.75 Å². The van der Waals surface area contributed by atoms with Gasteiger partial charge in [-0.25, -0.2) is 9.97 Å². The standard InChI is InChI=1S/C14H20N4OS2/c1-9(2)12(13-15-5-6-18(13)4)17-11(19)8-21-14-16-10(3)7-20-14/h5-7,9,12H,8H2,1-4H3,(H,17,19). The molecule has 0 aliphatic heterocycles. The third kappa shape index (κ3) is 4.31. The minimum Gasteiger partial charge on any atom is -0.345 e. The minimum absolute atomic E-state index is 0.00885. The van der Waals surface area contributed by atoms with Gasteiger partial charge in [0.05, 0.1) is 11.8 Å². The summed E-state index contributed by atoms with van der Waals surface area (Å²) in [6.45, 7) is 6.12. The number of aryl methyl sites for hydroxylation is 2. The number of nitrogens with one attached hydrogen (secondary N) is 1. The molecule has 2 rings (SSSR count). The van der Waals surface area contributed by atoms with E-state index in [0.717, 1.165) is 15.9 Å². The molecule has 21 heavy (non-hydrogen) atoms. The van der Waals surface area contributed by atoms with E-state index in [1.54, 1.807) is 17.5 Å². The van der Waals surface area contributed by atoms with Crippen LogP contribution in [0.2, 0.25) is 0 Å². The predicted octanol–water partition coefficient (Wildman–Crippen LogP) is 2.79. The van der Waals surface area contributed by atoms with Crippen LogP contribution in [-0.4, -0.2) is 26.2 Å². The molecule has 0 aromatic carbocycles. The molecule has 0 radical (unpaired) electrons. The fourth-order valence-corrected chi connectivity index (χ4v) is 3.61. The van der Waals surface area contributed by atoms with Crippen molar-refractivity contribution in [2.24, 2.45) is 13.0 Å². The Hall–Kier alpha value is -1.34. The molecule has 114 valence electrons. The number of carbonyl (C=O) groups is 1. The molecule has 0 aliphatic carbocycles. The van der Waals surface area contributed by atoms with E-state index in [2.05, 4.69) is 29.1 Å². The smallest absolute Gasteiger partial charge is 0.231 e. The van der Waals surface area contributed by atoms with E-state index >= 15 is 0 Å². The number of aromatic nitrogens is 3. The lowest BCUT2D eigenvalue weighted by atomic mass is 10.0. The van der Waals surface area contributed by atoms with Crippen LogP contribution in [0.15, 0.2) is 22.1 Å². The number of hydrogen-bond acceptors (Lipinski definition) is 5. The maximum absolute atomic E-state index is 12.2. The van der Waals surface area contributed by atoms with E-state index in [4.69, 9.17) is 0 Å². The first-order valence-electron chi connectivity index (χ1n) is 6.79. The van der Waals surface area contributed by atoms with Crippen molar-refractivity contribution in [3.05, 3.63) is 29.3 Å². The van der Waals surface area contributed by atoms with Gasteiger partial charge in [0.1, 0.15) is 5.82 Å². The van der Waals surface area contributed by atoms with Gasteiger partial charge in [-0.15, -0.1) is 11.3 Å². The number of amides is 1. The van der Waals surface area contributed by atoms with Gasteiger partial charge in [0.25, 0.3) is 0 Å². The second kappa shape index (κ2) is 7.09. The van der Waals surface area contributed by atoms with Gasteiger partial charge in [-0.1, -0.05) is 25.6 Å². The van der Waals surface area contributed by atoms with E-state index in [1.807, 2.05) is 30.1 Å². The van der Waals surface area contributed by atoms with Crippen LogP contribution < -0.4 is 5.32 Å². The van der Waals surface area contributed by atoms with Gasteiger partial charge in [0.2, 0.25) is 5.91 Å². The number of imidazole rings is 1. The summed E-state index contributed by atoms with van der Waals surface area (Å²) >= 11 is 3.04. The molecule has 1 unspecified atom stereocenters. The van der Waals surface area contributed by atoms with E-state index in [9.17, 15) is 4.79 Å². The van der Waals surface area contributed by atoms with Crippen LogP contribution in [-0.2, 0) is 11.8 Å². The highest BCUT2D eigenvalue weighted by molar-refractivity contribution is 8.01. The first kappa shape index (κ1) is 16.0. The second-order valence-corrected chi connectivity index (χ2v) is 7.31. The quantitative estimate of drug-likeness (QED) is 0.830. The fraction of sp³-hybridized carbons (Fsp3) is 0.500. The maximum Gasteiger partial charge on any atom is 0.231 e. The number of nitrogens with zero attached hydrogens (tertiary/aromatic N) is 3. The molecule has 5 nitrogen and oxygen atoms in total. The molecule has 1 N–H and O–H groups in total. The average molecular weight is 324 g/mol. The van der Waals surface area contributed by atoms with Crippen LogP contribution in [0, 0.1) is 12.8 Å². The van der Waals surface area contributed by atoms with E-state index in [1.165, 1.54) is 11.8 Å². The third-order valence-corrected chi connectivity index (χ3v) is 5.18. The second-order valence-electron chi connectivity index (χ2n) is 5.23. The molecule has 1 atom stereocenters. The summed E-state index contributed by atoms with van der Waals surface area (Å²) in [5.74, 6) is 1.55. The number of carbonyl (C=O) groups excluding carboxylic acids is 1. The van der Waals surface area contributed by atoms with Crippen molar-refractivity contribution in [1.82, 2.24) is 19.9 Å². The summed E-state index contributed by atoms with van der Waals surface area (Å²) in [6.07, 6.45) is 3.65. The molecule has 2 aromatic heterocycles. The summed E-state index contributed by atoms with van der Waals surface area (Å²) in [5.41, 5.74) is 0.996. The monoisotopic (exact) mass is 324 g/mol. The summed E-state index contributed by atoms with van der Waals surface area (Å²) in [6, 6.07) is -0.0730. The maximum atomic E-state index is 12.2. The lowest BCUT2D eigenvalue weighted by Gasteiger charge is -2.21. The Bertz CT molecular complexity index is 606. The fourth-order valence-electron chi connectivity index (χ4n) is 1.95. The van der Waals surface area contributed by atoms with Crippen LogP contribution in [0.25, 0.3) is 0 Å². The van der Waals surface area contributed by atoms with E-state index < -0.39 is 0 Å². The zero-order valence-corrected chi connectivity index (χ0v) is 14.3. The number of hydrogen-bond donors (Lipinski definition) is 1. The first-order valence-corrected chi connectivity index (χ1v) is 8.65. The lowest BCUT2D eigenvalue weighted by Crippen LogP contribution is -2.34. The van der Waals surface area contributed by atoms with Gasteiger partial charge in [-0.2, -0.15) is 0 Å². The Morgan fingerprint density at radius 3 is 2.81 bits per heavy atom. The van der Waals surface area contributed by atoms with Crippen molar-refractivity contribution >= 4 is 29.0 Å². The minimum atomic E-state index is -0.0730. The van der Waals surface area contributed by atoms with Gasteiger partial charge in [-0.3, -0.25) is 4.79 Å². The van der Waals surface area contributed by atoms with Gasteiger partial charge < -0.3 is 9.88 Å². The molecule has 2 heterocycles. The van der Waals surface area contributed by atoms with E-state index in [0.29, 0.717) is 5.75 Å². The highest BCUT2D eigenvalue weighted by Gasteiger charge is 2.22. The van der Waals surface area contributed by atoms with Gasteiger partial charge >= 0.3 is 0 Å². The van der Waals surface area contributed by atoms with Gasteiger partial charge in [0, 0.05) is 30.5 Å². The van der Waals surface area contributed by atoms with Crippen molar-refractivity contribution in [1.29, 1.82) is 0 Å². The molecule has 0 saturated carbocycles. The lowest BCUT2D eigenvalue weighted by molar-refractivity contribution is -0.119. The highest BCUT2D eigenvalue weighted by atomic mass is 32.2. The first-order chi connectivity index (χ1) is 9.97. The molecule has 1 amide bonds. The third-order valence-electron chi connectivity index (χ3n) is 3.04. The predicted molar refractivity (Wildman–Crippen MR) is 86.5 cm³/mol. The Labute approximate surface area is 133 Å². The van der Waals surface area contributed by atoms with E-state index in [-0.39, 0.29) is 17.9 Å². The average Bonchev–Trinajstić information content (AvgIpc) is 3.02. The SMILES string of the molecule is Cc1csc(SCC(=O)NC(c2nccn2C)C(C)C)n1. The van der Waals surface area contributed by atoms with Crippen LogP contribution in [0.5, 0.6) is 0 Å². The molecule has 0 spiro atoms. The molecule has 0 fully saturated rings. The highest BCUT2D eigenvalue weighted by Crippen LogP contribution is 2.23. The molecule has 2 aromatic rings. The summed E-state index contributed by atoms with van der Waals surface area (Å²) in [5, 5.41) is 5.06. The number of thioether (sulfide) groups is 1. The zero-order valence-electron chi connectivity index (χ0n) is 12.7. The summed E-state index contributed by atoms with van der Waals surface area (Å²) < 4.78 is 2.88. The number of rotatable bonds is 6. The summed E-state index contributed by atoms with van der Waals surface area (Å²) in [4.78, 5) is 20.8.